The summed E-state index contributed by atoms with van der Waals surface area (Å²) in [6, 6.07) is 1.83. The van der Waals surface area contributed by atoms with Crippen LogP contribution in [-0.2, 0) is 9.53 Å². The number of hydrogen-bond donors (Lipinski definition) is 1. The SMILES string of the molecule is COC(=O)c1nc2c(N3CCCC3=O)cc(N3CCN(C)CC3)cn2c(=O)c1O. The van der Waals surface area contributed by atoms with Crippen LogP contribution in [0.15, 0.2) is 17.1 Å². The minimum absolute atomic E-state index is 0.0654. The number of piperazine rings is 1. The van der Waals surface area contributed by atoms with Gasteiger partial charge in [-0.2, -0.15) is 0 Å². The van der Waals surface area contributed by atoms with Gasteiger partial charge in [-0.1, -0.05) is 0 Å². The van der Waals surface area contributed by atoms with Crippen molar-refractivity contribution >= 4 is 28.9 Å². The van der Waals surface area contributed by atoms with Crippen LogP contribution in [0, 0.1) is 0 Å². The van der Waals surface area contributed by atoms with E-state index < -0.39 is 23.0 Å². The lowest BCUT2D eigenvalue weighted by Crippen LogP contribution is -2.44. The van der Waals surface area contributed by atoms with Crippen LogP contribution in [0.2, 0.25) is 0 Å². The summed E-state index contributed by atoms with van der Waals surface area (Å²) >= 11 is 0. The van der Waals surface area contributed by atoms with Crippen LogP contribution in [0.25, 0.3) is 5.65 Å². The number of carbonyl (C=O) groups is 2. The van der Waals surface area contributed by atoms with Crippen LogP contribution in [0.5, 0.6) is 5.75 Å². The highest BCUT2D eigenvalue weighted by molar-refractivity contribution is 6.00. The molecule has 0 bridgehead atoms. The molecule has 4 rings (SSSR count). The smallest absolute Gasteiger partial charge is 0.360 e. The van der Waals surface area contributed by atoms with Crippen molar-refractivity contribution in [2.75, 3.05) is 56.7 Å². The fourth-order valence-electron chi connectivity index (χ4n) is 3.78. The molecule has 2 aromatic heterocycles. The highest BCUT2D eigenvalue weighted by Gasteiger charge is 2.28. The van der Waals surface area contributed by atoms with Crippen molar-refractivity contribution in [2.45, 2.75) is 12.8 Å². The van der Waals surface area contributed by atoms with Gasteiger partial charge in [0.25, 0.3) is 0 Å². The molecule has 4 heterocycles. The summed E-state index contributed by atoms with van der Waals surface area (Å²) in [5.74, 6) is -1.75. The molecule has 0 unspecified atom stereocenters. The zero-order chi connectivity index (χ0) is 20.7. The fraction of sp³-hybridized carbons (Fsp3) is 0.474. The molecule has 0 atom stereocenters. The first-order valence-corrected chi connectivity index (χ1v) is 9.52. The standard InChI is InChI=1S/C19H23N5O5/c1-21-6-8-22(9-7-21)12-10-13(23-5-3-4-14(23)25)17-20-15(19(28)29-2)16(26)18(27)24(17)11-12/h10-11,26H,3-9H2,1-2H3. The number of methoxy groups -OCH3 is 1. The Morgan fingerprint density at radius 1 is 1.17 bits per heavy atom. The first-order chi connectivity index (χ1) is 13.9. The summed E-state index contributed by atoms with van der Waals surface area (Å²) in [6.07, 6.45) is 2.72. The largest absolute Gasteiger partial charge is 0.501 e. The number of anilines is 2. The lowest BCUT2D eigenvalue weighted by Gasteiger charge is -2.34. The van der Waals surface area contributed by atoms with Gasteiger partial charge in [0.1, 0.15) is 0 Å². The third-order valence-electron chi connectivity index (χ3n) is 5.48. The van der Waals surface area contributed by atoms with Crippen molar-refractivity contribution in [3.05, 3.63) is 28.3 Å². The van der Waals surface area contributed by atoms with Crippen molar-refractivity contribution < 1.29 is 19.4 Å². The molecule has 29 heavy (non-hydrogen) atoms. The number of carbonyl (C=O) groups excluding carboxylic acids is 2. The second-order valence-electron chi connectivity index (χ2n) is 7.32. The summed E-state index contributed by atoms with van der Waals surface area (Å²) < 4.78 is 5.84. The second kappa shape index (κ2) is 7.36. The Morgan fingerprint density at radius 2 is 1.90 bits per heavy atom. The molecule has 2 aliphatic rings. The van der Waals surface area contributed by atoms with Gasteiger partial charge in [-0.05, 0) is 19.5 Å². The molecule has 154 valence electrons. The van der Waals surface area contributed by atoms with Crippen molar-refractivity contribution in [1.29, 1.82) is 0 Å². The Kier molecular flexibility index (Phi) is 4.87. The monoisotopic (exact) mass is 401 g/mol. The van der Waals surface area contributed by atoms with Gasteiger partial charge in [0.15, 0.2) is 11.3 Å². The second-order valence-corrected chi connectivity index (χ2v) is 7.32. The number of nitrogens with zero attached hydrogens (tertiary/aromatic N) is 5. The van der Waals surface area contributed by atoms with E-state index >= 15 is 0 Å². The molecule has 10 heteroatoms. The van der Waals surface area contributed by atoms with Gasteiger partial charge in [-0.25, -0.2) is 9.78 Å². The minimum Gasteiger partial charge on any atom is -0.501 e. The maximum absolute atomic E-state index is 12.8. The predicted octanol–water partition coefficient (Wildman–Crippen LogP) is 0.0653. The van der Waals surface area contributed by atoms with Crippen LogP contribution in [0.1, 0.15) is 23.3 Å². The first-order valence-electron chi connectivity index (χ1n) is 9.52. The maximum atomic E-state index is 12.8. The molecule has 2 fully saturated rings. The fourth-order valence-corrected chi connectivity index (χ4v) is 3.78. The minimum atomic E-state index is -0.913. The van der Waals surface area contributed by atoms with Gasteiger partial charge in [0.2, 0.25) is 11.7 Å². The van der Waals surface area contributed by atoms with Crippen molar-refractivity contribution in [2.24, 2.45) is 0 Å². The Hall–Kier alpha value is -3.14. The lowest BCUT2D eigenvalue weighted by molar-refractivity contribution is -0.117. The summed E-state index contributed by atoms with van der Waals surface area (Å²) in [6.45, 7) is 3.78. The molecule has 10 nitrogen and oxygen atoms in total. The third-order valence-corrected chi connectivity index (χ3v) is 5.48. The van der Waals surface area contributed by atoms with Crippen LogP contribution >= 0.6 is 0 Å². The molecule has 0 radical (unpaired) electrons. The number of fused-ring (bicyclic) bond motifs is 1. The van der Waals surface area contributed by atoms with E-state index in [4.69, 9.17) is 0 Å². The molecule has 2 saturated heterocycles. The Bertz CT molecular complexity index is 1040. The third kappa shape index (κ3) is 3.29. The number of esters is 1. The quantitative estimate of drug-likeness (QED) is 0.720. The van der Waals surface area contributed by atoms with E-state index in [9.17, 15) is 19.5 Å². The summed E-state index contributed by atoms with van der Waals surface area (Å²) in [5, 5.41) is 10.2. The number of aromatic hydroxyl groups is 1. The Morgan fingerprint density at radius 3 is 2.52 bits per heavy atom. The number of aromatic nitrogens is 2. The molecule has 1 N–H and O–H groups in total. The van der Waals surface area contributed by atoms with Crippen LogP contribution in [0.4, 0.5) is 11.4 Å². The average Bonchev–Trinajstić information content (AvgIpc) is 3.15. The highest BCUT2D eigenvalue weighted by atomic mass is 16.5. The summed E-state index contributed by atoms with van der Waals surface area (Å²) in [4.78, 5) is 47.4. The Labute approximate surface area is 166 Å². The maximum Gasteiger partial charge on any atom is 0.360 e. The number of hydrogen-bond acceptors (Lipinski definition) is 8. The van der Waals surface area contributed by atoms with E-state index in [-0.39, 0.29) is 11.6 Å². The number of pyridine rings is 1. The topological polar surface area (TPSA) is 108 Å². The summed E-state index contributed by atoms with van der Waals surface area (Å²) in [7, 11) is 3.19. The normalized spacial score (nSPS) is 17.9. The van der Waals surface area contributed by atoms with Gasteiger partial charge in [-0.15, -0.1) is 0 Å². The average molecular weight is 401 g/mol. The van der Waals surface area contributed by atoms with Gasteiger partial charge in [-0.3, -0.25) is 14.0 Å². The van der Waals surface area contributed by atoms with E-state index in [0.717, 1.165) is 39.0 Å². The number of amides is 1. The van der Waals surface area contributed by atoms with E-state index in [0.29, 0.717) is 25.1 Å². The molecule has 2 aromatic rings. The van der Waals surface area contributed by atoms with Crippen LogP contribution < -0.4 is 15.4 Å². The van der Waals surface area contributed by atoms with Crippen LogP contribution in [-0.4, -0.2) is 78.1 Å². The molecule has 1 amide bonds. The molecule has 0 aliphatic carbocycles. The van der Waals surface area contributed by atoms with Crippen molar-refractivity contribution in [1.82, 2.24) is 14.3 Å². The van der Waals surface area contributed by atoms with E-state index in [1.54, 1.807) is 11.1 Å². The first kappa shape index (κ1) is 19.2. The van der Waals surface area contributed by atoms with Gasteiger partial charge < -0.3 is 24.5 Å². The predicted molar refractivity (Wildman–Crippen MR) is 106 cm³/mol. The number of rotatable bonds is 3. The molecular formula is C19H23N5O5. The molecule has 0 spiro atoms. The Balaban J connectivity index is 1.94. The van der Waals surface area contributed by atoms with E-state index in [2.05, 4.69) is 19.5 Å². The lowest BCUT2D eigenvalue weighted by atomic mass is 10.2. The molecule has 2 aliphatic heterocycles. The van der Waals surface area contributed by atoms with Gasteiger partial charge >= 0.3 is 11.5 Å². The van der Waals surface area contributed by atoms with Crippen molar-refractivity contribution in [3.63, 3.8) is 0 Å². The van der Waals surface area contributed by atoms with Gasteiger partial charge in [0, 0.05) is 45.3 Å². The summed E-state index contributed by atoms with van der Waals surface area (Å²) in [5.41, 5.74) is 0.110. The number of ether oxygens (including phenoxy) is 1. The molecular weight excluding hydrogens is 378 g/mol. The zero-order valence-electron chi connectivity index (χ0n) is 16.4. The van der Waals surface area contributed by atoms with Crippen LogP contribution in [0.3, 0.4) is 0 Å². The molecule has 0 saturated carbocycles. The molecule has 0 aromatic carbocycles. The van der Waals surface area contributed by atoms with E-state index in [1.807, 2.05) is 13.1 Å². The number of likely N-dealkylation sites (N-methyl/N-ethyl adjacent to an activating group) is 1. The van der Waals surface area contributed by atoms with Gasteiger partial charge in [0.05, 0.1) is 18.5 Å². The van der Waals surface area contributed by atoms with E-state index in [1.165, 1.54) is 4.40 Å². The highest BCUT2D eigenvalue weighted by Crippen LogP contribution is 2.31. The zero-order valence-corrected chi connectivity index (χ0v) is 16.4. The van der Waals surface area contributed by atoms with Crippen molar-refractivity contribution in [3.8, 4) is 5.75 Å².